The van der Waals surface area contributed by atoms with E-state index in [2.05, 4.69) is 22.2 Å². The van der Waals surface area contributed by atoms with E-state index < -0.39 is 0 Å². The molecule has 0 bridgehead atoms. The van der Waals surface area contributed by atoms with E-state index in [1.54, 1.807) is 0 Å². The van der Waals surface area contributed by atoms with Crippen molar-refractivity contribution >= 4 is 17.2 Å². The molecule has 6 nitrogen and oxygen atoms in total. The van der Waals surface area contributed by atoms with Crippen molar-refractivity contribution in [1.82, 2.24) is 15.3 Å². The first-order valence-electron chi connectivity index (χ1n) is 5.49. The van der Waals surface area contributed by atoms with Gasteiger partial charge in [-0.25, -0.2) is 10.8 Å². The minimum Gasteiger partial charge on any atom is -0.396 e. The molecular formula is C10H18N4O2S. The average Bonchev–Trinajstić information content (AvgIpc) is 2.81. The molecule has 17 heavy (non-hydrogen) atoms. The molecule has 0 saturated carbocycles. The number of hydrogen-bond donors (Lipinski definition) is 3. The number of amides is 1. The van der Waals surface area contributed by atoms with Crippen LogP contribution in [0.1, 0.15) is 28.8 Å². The number of hydrogen-bond acceptors (Lipinski definition) is 6. The quantitative estimate of drug-likeness (QED) is 0.362. The molecule has 1 rings (SSSR count). The number of carbonyl (C=O) groups is 1. The molecule has 0 unspecified atom stereocenters. The summed E-state index contributed by atoms with van der Waals surface area (Å²) >= 11 is 1.28. The molecule has 4 N–H and O–H groups in total. The number of thiazole rings is 1. The van der Waals surface area contributed by atoms with E-state index in [1.807, 2.05) is 5.38 Å². The number of nitrogens with two attached hydrogens (primary N) is 1. The molecule has 0 atom stereocenters. The fraction of sp³-hybridized carbons (Fsp3) is 0.600. The highest BCUT2D eigenvalue weighted by molar-refractivity contribution is 7.11. The van der Waals surface area contributed by atoms with Crippen LogP contribution in [0.25, 0.3) is 0 Å². The molecule has 1 heterocycles. The Bertz CT molecular complexity index is 356. The van der Waals surface area contributed by atoms with Crippen LogP contribution in [-0.2, 0) is 6.54 Å². The fourth-order valence-electron chi connectivity index (χ4n) is 1.42. The maximum Gasteiger partial charge on any atom is 0.294 e. The molecule has 0 aliphatic heterocycles. The van der Waals surface area contributed by atoms with Gasteiger partial charge < -0.3 is 5.11 Å². The Kier molecular flexibility index (Phi) is 6.06. The number of carbonyl (C=O) groups excluding carboxylic acids is 1. The van der Waals surface area contributed by atoms with E-state index in [9.17, 15) is 4.79 Å². The Morgan fingerprint density at radius 1 is 1.71 bits per heavy atom. The Morgan fingerprint density at radius 3 is 3.06 bits per heavy atom. The SMILES string of the molecule is CCN(CCCO)Cc1csc(C(=O)NN)n1. The van der Waals surface area contributed by atoms with Gasteiger partial charge in [0.25, 0.3) is 5.91 Å². The Morgan fingerprint density at radius 2 is 2.47 bits per heavy atom. The van der Waals surface area contributed by atoms with Gasteiger partial charge in [0.1, 0.15) is 0 Å². The van der Waals surface area contributed by atoms with Crippen molar-refractivity contribution in [2.45, 2.75) is 19.9 Å². The molecule has 1 aromatic rings. The number of hydrazine groups is 1. The lowest BCUT2D eigenvalue weighted by Gasteiger charge is -2.18. The molecule has 96 valence electrons. The van der Waals surface area contributed by atoms with Crippen LogP contribution in [0.15, 0.2) is 5.38 Å². The summed E-state index contributed by atoms with van der Waals surface area (Å²) in [6.45, 7) is 4.63. The van der Waals surface area contributed by atoms with Gasteiger partial charge in [0.15, 0.2) is 5.01 Å². The predicted molar refractivity (Wildman–Crippen MR) is 66.4 cm³/mol. The summed E-state index contributed by atoms with van der Waals surface area (Å²) in [5.74, 6) is 4.67. The van der Waals surface area contributed by atoms with Crippen molar-refractivity contribution in [3.8, 4) is 0 Å². The van der Waals surface area contributed by atoms with Crippen molar-refractivity contribution in [2.24, 2.45) is 5.84 Å². The van der Waals surface area contributed by atoms with E-state index in [0.717, 1.165) is 25.2 Å². The largest absolute Gasteiger partial charge is 0.396 e. The van der Waals surface area contributed by atoms with E-state index in [0.29, 0.717) is 11.6 Å². The summed E-state index contributed by atoms with van der Waals surface area (Å²) in [7, 11) is 0. The third-order valence-corrected chi connectivity index (χ3v) is 3.23. The summed E-state index contributed by atoms with van der Waals surface area (Å²) in [6.07, 6.45) is 0.744. The fourth-order valence-corrected chi connectivity index (χ4v) is 2.13. The van der Waals surface area contributed by atoms with Gasteiger partial charge >= 0.3 is 0 Å². The number of aliphatic hydroxyl groups is 1. The number of aromatic nitrogens is 1. The van der Waals surface area contributed by atoms with Gasteiger partial charge in [0.05, 0.1) is 5.69 Å². The normalized spacial score (nSPS) is 10.8. The molecule has 0 fully saturated rings. The van der Waals surface area contributed by atoms with Crippen LogP contribution in [0.3, 0.4) is 0 Å². The molecule has 1 aromatic heterocycles. The molecule has 0 aliphatic rings. The van der Waals surface area contributed by atoms with Crippen LogP contribution in [-0.4, -0.2) is 40.6 Å². The standard InChI is InChI=1S/C10H18N4O2S/c1-2-14(4-3-5-15)6-8-7-17-10(12-8)9(16)13-11/h7,15H,2-6,11H2,1H3,(H,13,16). The number of aliphatic hydroxyl groups excluding tert-OH is 1. The van der Waals surface area contributed by atoms with Crippen LogP contribution < -0.4 is 11.3 Å². The van der Waals surface area contributed by atoms with Crippen LogP contribution in [0.5, 0.6) is 0 Å². The van der Waals surface area contributed by atoms with E-state index >= 15 is 0 Å². The van der Waals surface area contributed by atoms with Crippen molar-refractivity contribution in [3.63, 3.8) is 0 Å². The van der Waals surface area contributed by atoms with Gasteiger partial charge in [-0.05, 0) is 13.0 Å². The summed E-state index contributed by atoms with van der Waals surface area (Å²) in [5.41, 5.74) is 2.91. The van der Waals surface area contributed by atoms with Crippen molar-refractivity contribution in [1.29, 1.82) is 0 Å². The molecule has 7 heteroatoms. The van der Waals surface area contributed by atoms with Gasteiger partial charge in [0.2, 0.25) is 0 Å². The second-order valence-corrected chi connectivity index (χ2v) is 4.42. The van der Waals surface area contributed by atoms with Crippen molar-refractivity contribution < 1.29 is 9.90 Å². The predicted octanol–water partition coefficient (Wildman–Crippen LogP) is -0.0491. The number of nitrogens with zero attached hydrogens (tertiary/aromatic N) is 2. The van der Waals surface area contributed by atoms with Gasteiger partial charge in [-0.1, -0.05) is 6.92 Å². The Hall–Kier alpha value is -1.02. The average molecular weight is 258 g/mol. The van der Waals surface area contributed by atoms with Gasteiger partial charge in [-0.3, -0.25) is 15.1 Å². The highest BCUT2D eigenvalue weighted by atomic mass is 32.1. The third kappa shape index (κ3) is 4.39. The lowest BCUT2D eigenvalue weighted by molar-refractivity contribution is 0.0953. The molecule has 1 amide bonds. The molecule has 0 radical (unpaired) electrons. The van der Waals surface area contributed by atoms with Crippen LogP contribution in [0.2, 0.25) is 0 Å². The van der Waals surface area contributed by atoms with Gasteiger partial charge in [-0.15, -0.1) is 11.3 Å². The molecule has 0 saturated heterocycles. The van der Waals surface area contributed by atoms with Crippen molar-refractivity contribution in [3.05, 3.63) is 16.1 Å². The smallest absolute Gasteiger partial charge is 0.294 e. The van der Waals surface area contributed by atoms with Crippen LogP contribution in [0, 0.1) is 0 Å². The Balaban J connectivity index is 2.54. The molecule has 0 aromatic carbocycles. The zero-order valence-corrected chi connectivity index (χ0v) is 10.7. The topological polar surface area (TPSA) is 91.5 Å². The van der Waals surface area contributed by atoms with Gasteiger partial charge in [0, 0.05) is 25.1 Å². The maximum absolute atomic E-state index is 11.2. The summed E-state index contributed by atoms with van der Waals surface area (Å²) in [6, 6.07) is 0. The summed E-state index contributed by atoms with van der Waals surface area (Å²) < 4.78 is 0. The summed E-state index contributed by atoms with van der Waals surface area (Å²) in [5, 5.41) is 11.0. The highest BCUT2D eigenvalue weighted by Crippen LogP contribution is 2.11. The van der Waals surface area contributed by atoms with Crippen LogP contribution in [0.4, 0.5) is 0 Å². The monoisotopic (exact) mass is 258 g/mol. The van der Waals surface area contributed by atoms with E-state index in [4.69, 9.17) is 10.9 Å². The minimum atomic E-state index is -0.361. The van der Waals surface area contributed by atoms with E-state index in [1.165, 1.54) is 11.3 Å². The molecule has 0 spiro atoms. The number of nitrogen functional groups attached to an aromatic ring is 1. The zero-order chi connectivity index (χ0) is 12.7. The first-order chi connectivity index (χ1) is 8.21. The van der Waals surface area contributed by atoms with Gasteiger partial charge in [-0.2, -0.15) is 0 Å². The molecule has 0 aliphatic carbocycles. The second kappa shape index (κ2) is 7.33. The first-order valence-corrected chi connectivity index (χ1v) is 6.37. The maximum atomic E-state index is 11.2. The highest BCUT2D eigenvalue weighted by Gasteiger charge is 2.11. The Labute approximate surface area is 104 Å². The second-order valence-electron chi connectivity index (χ2n) is 3.56. The minimum absolute atomic E-state index is 0.189. The zero-order valence-electron chi connectivity index (χ0n) is 9.85. The first kappa shape index (κ1) is 14.0. The van der Waals surface area contributed by atoms with E-state index in [-0.39, 0.29) is 12.5 Å². The number of rotatable bonds is 7. The number of nitrogens with one attached hydrogen (secondary N) is 1. The third-order valence-electron chi connectivity index (χ3n) is 2.34. The van der Waals surface area contributed by atoms with Crippen LogP contribution >= 0.6 is 11.3 Å². The lowest BCUT2D eigenvalue weighted by atomic mass is 10.3. The lowest BCUT2D eigenvalue weighted by Crippen LogP contribution is -2.30. The summed E-state index contributed by atoms with van der Waals surface area (Å²) in [4.78, 5) is 17.6. The van der Waals surface area contributed by atoms with Crippen molar-refractivity contribution in [2.75, 3.05) is 19.7 Å². The molecular weight excluding hydrogens is 240 g/mol.